The summed E-state index contributed by atoms with van der Waals surface area (Å²) in [5, 5.41) is 7.15. The third-order valence-electron chi connectivity index (χ3n) is 3.86. The van der Waals surface area contributed by atoms with Crippen molar-refractivity contribution in [2.45, 2.75) is 6.54 Å². The fourth-order valence-electron chi connectivity index (χ4n) is 2.62. The van der Waals surface area contributed by atoms with Crippen molar-refractivity contribution in [2.75, 3.05) is 38.0 Å². The number of amides is 1. The van der Waals surface area contributed by atoms with Crippen LogP contribution >= 0.6 is 11.6 Å². The zero-order valence-electron chi connectivity index (χ0n) is 12.7. The maximum Gasteiger partial charge on any atom is 0.239 e. The molecular formula is C16H19ClN4O2. The van der Waals surface area contributed by atoms with Crippen LogP contribution in [0.1, 0.15) is 5.56 Å². The SMILES string of the molecule is O=C(CN1CCN(Cc2ccc(Cl)cc2)CC1)Nc1ccon1. The minimum absolute atomic E-state index is 0.0648. The van der Waals surface area contributed by atoms with Gasteiger partial charge in [0.05, 0.1) is 6.54 Å². The summed E-state index contributed by atoms with van der Waals surface area (Å²) in [6, 6.07) is 9.57. The van der Waals surface area contributed by atoms with E-state index in [1.165, 1.54) is 11.8 Å². The molecule has 3 rings (SSSR count). The summed E-state index contributed by atoms with van der Waals surface area (Å²) in [4.78, 5) is 16.5. The van der Waals surface area contributed by atoms with E-state index in [9.17, 15) is 4.79 Å². The van der Waals surface area contributed by atoms with Crippen molar-refractivity contribution in [1.82, 2.24) is 15.0 Å². The van der Waals surface area contributed by atoms with E-state index >= 15 is 0 Å². The average Bonchev–Trinajstić information content (AvgIpc) is 3.04. The van der Waals surface area contributed by atoms with E-state index in [0.717, 1.165) is 37.7 Å². The van der Waals surface area contributed by atoms with E-state index in [4.69, 9.17) is 16.1 Å². The van der Waals surface area contributed by atoms with Gasteiger partial charge < -0.3 is 9.84 Å². The van der Waals surface area contributed by atoms with Gasteiger partial charge in [0.25, 0.3) is 0 Å². The highest BCUT2D eigenvalue weighted by Crippen LogP contribution is 2.13. The summed E-state index contributed by atoms with van der Waals surface area (Å²) in [5.41, 5.74) is 1.26. The van der Waals surface area contributed by atoms with Crippen LogP contribution in [0, 0.1) is 0 Å². The molecule has 1 saturated heterocycles. The van der Waals surface area contributed by atoms with Crippen LogP contribution in [-0.2, 0) is 11.3 Å². The summed E-state index contributed by atoms with van der Waals surface area (Å²) in [6.07, 6.45) is 1.44. The second kappa shape index (κ2) is 7.59. The summed E-state index contributed by atoms with van der Waals surface area (Å²) in [6.45, 7) is 4.93. The highest BCUT2D eigenvalue weighted by molar-refractivity contribution is 6.30. The Morgan fingerprint density at radius 3 is 2.48 bits per heavy atom. The van der Waals surface area contributed by atoms with Crippen LogP contribution in [0.3, 0.4) is 0 Å². The number of anilines is 1. The number of piperazine rings is 1. The highest BCUT2D eigenvalue weighted by atomic mass is 35.5. The summed E-state index contributed by atoms with van der Waals surface area (Å²) >= 11 is 5.90. The van der Waals surface area contributed by atoms with Gasteiger partial charge in [0, 0.05) is 43.8 Å². The molecule has 2 heterocycles. The molecule has 0 spiro atoms. The molecule has 1 amide bonds. The Kier molecular flexibility index (Phi) is 5.27. The number of carbonyl (C=O) groups excluding carboxylic acids is 1. The second-order valence-electron chi connectivity index (χ2n) is 5.61. The van der Waals surface area contributed by atoms with Gasteiger partial charge in [0.2, 0.25) is 5.91 Å². The molecule has 0 bridgehead atoms. The van der Waals surface area contributed by atoms with Crippen molar-refractivity contribution in [3.63, 3.8) is 0 Å². The lowest BCUT2D eigenvalue weighted by molar-refractivity contribution is -0.117. The molecular weight excluding hydrogens is 316 g/mol. The molecule has 0 saturated carbocycles. The monoisotopic (exact) mass is 334 g/mol. The van der Waals surface area contributed by atoms with Crippen molar-refractivity contribution in [2.24, 2.45) is 0 Å². The molecule has 6 nitrogen and oxygen atoms in total. The maximum atomic E-state index is 11.9. The van der Waals surface area contributed by atoms with Gasteiger partial charge in [-0.2, -0.15) is 0 Å². The first-order valence-electron chi connectivity index (χ1n) is 7.58. The van der Waals surface area contributed by atoms with Crippen LogP contribution in [-0.4, -0.2) is 53.6 Å². The second-order valence-corrected chi connectivity index (χ2v) is 6.05. The van der Waals surface area contributed by atoms with E-state index in [1.54, 1.807) is 6.07 Å². The van der Waals surface area contributed by atoms with Crippen molar-refractivity contribution >= 4 is 23.3 Å². The van der Waals surface area contributed by atoms with Gasteiger partial charge in [0.1, 0.15) is 6.26 Å². The van der Waals surface area contributed by atoms with Crippen molar-refractivity contribution in [3.8, 4) is 0 Å². The van der Waals surface area contributed by atoms with Crippen LogP contribution in [0.15, 0.2) is 41.1 Å². The number of nitrogens with zero attached hydrogens (tertiary/aromatic N) is 3. The molecule has 0 atom stereocenters. The van der Waals surface area contributed by atoms with Gasteiger partial charge in [-0.15, -0.1) is 0 Å². The molecule has 1 N–H and O–H groups in total. The van der Waals surface area contributed by atoms with Crippen LogP contribution in [0.2, 0.25) is 5.02 Å². The largest absolute Gasteiger partial charge is 0.363 e. The zero-order valence-corrected chi connectivity index (χ0v) is 13.5. The van der Waals surface area contributed by atoms with Crippen LogP contribution in [0.5, 0.6) is 0 Å². The first-order chi connectivity index (χ1) is 11.2. The van der Waals surface area contributed by atoms with Gasteiger partial charge >= 0.3 is 0 Å². The highest BCUT2D eigenvalue weighted by Gasteiger charge is 2.19. The predicted octanol–water partition coefficient (Wildman–Crippen LogP) is 2.08. The summed E-state index contributed by atoms with van der Waals surface area (Å²) < 4.78 is 4.69. The van der Waals surface area contributed by atoms with Gasteiger partial charge in [-0.1, -0.05) is 28.9 Å². The average molecular weight is 335 g/mol. The molecule has 0 aliphatic carbocycles. The third kappa shape index (κ3) is 4.79. The molecule has 0 radical (unpaired) electrons. The number of hydrogen-bond acceptors (Lipinski definition) is 5. The molecule has 1 fully saturated rings. The summed E-state index contributed by atoms with van der Waals surface area (Å²) in [7, 11) is 0. The minimum Gasteiger partial charge on any atom is -0.363 e. The van der Waals surface area contributed by atoms with Gasteiger partial charge in [-0.25, -0.2) is 0 Å². The van der Waals surface area contributed by atoms with Gasteiger partial charge in [0.15, 0.2) is 5.82 Å². The number of hydrogen-bond donors (Lipinski definition) is 1. The van der Waals surface area contributed by atoms with Crippen LogP contribution < -0.4 is 5.32 Å². The zero-order chi connectivity index (χ0) is 16.1. The topological polar surface area (TPSA) is 61.6 Å². The van der Waals surface area contributed by atoms with E-state index in [0.29, 0.717) is 12.4 Å². The molecule has 7 heteroatoms. The number of halogens is 1. The Labute approximate surface area is 140 Å². The minimum atomic E-state index is -0.0648. The molecule has 23 heavy (non-hydrogen) atoms. The van der Waals surface area contributed by atoms with E-state index in [1.807, 2.05) is 12.1 Å². The standard InChI is InChI=1S/C16H19ClN4O2/c17-14-3-1-13(2-4-14)11-20-6-8-21(9-7-20)12-16(22)18-15-5-10-23-19-15/h1-5,10H,6-9,11-12H2,(H,18,19,22). The lowest BCUT2D eigenvalue weighted by Crippen LogP contribution is -2.48. The molecule has 0 unspecified atom stereocenters. The van der Waals surface area contributed by atoms with Crippen molar-refractivity contribution < 1.29 is 9.32 Å². The Bertz CT molecular complexity index is 622. The third-order valence-corrected chi connectivity index (χ3v) is 4.11. The number of benzene rings is 1. The quantitative estimate of drug-likeness (QED) is 0.907. The van der Waals surface area contributed by atoms with E-state index < -0.39 is 0 Å². The molecule has 1 aliphatic rings. The normalized spacial score (nSPS) is 16.4. The molecule has 122 valence electrons. The Hall–Kier alpha value is -1.89. The number of nitrogens with one attached hydrogen (secondary N) is 1. The number of rotatable bonds is 5. The molecule has 2 aromatic rings. The van der Waals surface area contributed by atoms with Gasteiger partial charge in [-0.05, 0) is 17.7 Å². The van der Waals surface area contributed by atoms with Crippen LogP contribution in [0.4, 0.5) is 5.82 Å². The maximum absolute atomic E-state index is 11.9. The lowest BCUT2D eigenvalue weighted by atomic mass is 10.2. The van der Waals surface area contributed by atoms with Crippen LogP contribution in [0.25, 0.3) is 0 Å². The molecule has 1 aromatic heterocycles. The van der Waals surface area contributed by atoms with Crippen molar-refractivity contribution in [1.29, 1.82) is 0 Å². The van der Waals surface area contributed by atoms with E-state index in [-0.39, 0.29) is 5.91 Å². The summed E-state index contributed by atoms with van der Waals surface area (Å²) in [5.74, 6) is 0.390. The van der Waals surface area contributed by atoms with E-state index in [2.05, 4.69) is 32.4 Å². The number of carbonyl (C=O) groups is 1. The Morgan fingerprint density at radius 2 is 1.83 bits per heavy atom. The van der Waals surface area contributed by atoms with Gasteiger partial charge in [-0.3, -0.25) is 14.6 Å². The lowest BCUT2D eigenvalue weighted by Gasteiger charge is -2.34. The Balaban J connectivity index is 1.41. The smallest absolute Gasteiger partial charge is 0.239 e. The molecule has 1 aliphatic heterocycles. The number of aromatic nitrogens is 1. The first-order valence-corrected chi connectivity index (χ1v) is 7.96. The fraction of sp³-hybridized carbons (Fsp3) is 0.375. The fourth-order valence-corrected chi connectivity index (χ4v) is 2.74. The molecule has 1 aromatic carbocycles. The van der Waals surface area contributed by atoms with Crippen molar-refractivity contribution in [3.05, 3.63) is 47.2 Å². The Morgan fingerprint density at radius 1 is 1.13 bits per heavy atom. The predicted molar refractivity (Wildman–Crippen MR) is 88.3 cm³/mol. The first kappa shape index (κ1) is 16.0.